The van der Waals surface area contributed by atoms with Crippen molar-refractivity contribution in [1.82, 2.24) is 9.47 Å². The molecule has 0 spiro atoms. The molecule has 45 heavy (non-hydrogen) atoms. The van der Waals surface area contributed by atoms with Crippen LogP contribution in [0.2, 0.25) is 0 Å². The molecule has 10 nitrogen and oxygen atoms in total. The van der Waals surface area contributed by atoms with Gasteiger partial charge < -0.3 is 23.8 Å². The molecule has 0 radical (unpaired) electrons. The number of nitrogens with zero attached hydrogens (tertiary/aromatic N) is 3. The highest BCUT2D eigenvalue weighted by atomic mass is 32.1. The highest BCUT2D eigenvalue weighted by Gasteiger charge is 2.34. The number of hydrogen-bond acceptors (Lipinski definition) is 9. The van der Waals surface area contributed by atoms with Crippen molar-refractivity contribution < 1.29 is 28.5 Å². The van der Waals surface area contributed by atoms with E-state index in [0.717, 1.165) is 37.1 Å². The molecule has 11 heteroatoms. The Morgan fingerprint density at radius 1 is 1.00 bits per heavy atom. The summed E-state index contributed by atoms with van der Waals surface area (Å²) >= 11 is 1.24. The summed E-state index contributed by atoms with van der Waals surface area (Å²) in [6.45, 7) is 11.5. The summed E-state index contributed by atoms with van der Waals surface area (Å²) in [4.78, 5) is 46.9. The maximum atomic E-state index is 14.0. The van der Waals surface area contributed by atoms with E-state index in [0.29, 0.717) is 51.1 Å². The van der Waals surface area contributed by atoms with E-state index in [4.69, 9.17) is 18.9 Å². The molecule has 5 rings (SSSR count). The lowest BCUT2D eigenvalue weighted by atomic mass is 9.96. The fourth-order valence-electron chi connectivity index (χ4n) is 5.44. The van der Waals surface area contributed by atoms with Crippen LogP contribution in [0.3, 0.4) is 0 Å². The van der Waals surface area contributed by atoms with Gasteiger partial charge in [0, 0.05) is 13.1 Å². The van der Waals surface area contributed by atoms with Crippen LogP contribution in [0.5, 0.6) is 17.2 Å². The van der Waals surface area contributed by atoms with Gasteiger partial charge in [0.2, 0.25) is 0 Å². The number of esters is 1. The molecule has 1 aromatic heterocycles. The fourth-order valence-corrected chi connectivity index (χ4v) is 6.49. The predicted octanol–water partition coefficient (Wildman–Crippen LogP) is 3.99. The normalized spacial score (nSPS) is 16.4. The van der Waals surface area contributed by atoms with Crippen LogP contribution in [-0.4, -0.2) is 60.4 Å². The van der Waals surface area contributed by atoms with E-state index in [9.17, 15) is 14.4 Å². The van der Waals surface area contributed by atoms with Gasteiger partial charge in [-0.2, -0.15) is 0 Å². The maximum absolute atomic E-state index is 14.0. The van der Waals surface area contributed by atoms with E-state index >= 15 is 0 Å². The minimum atomic E-state index is -0.728. The highest BCUT2D eigenvalue weighted by molar-refractivity contribution is 7.07. The summed E-state index contributed by atoms with van der Waals surface area (Å²) in [6.07, 6.45) is 3.46. The molecule has 1 atom stereocenters. The average Bonchev–Trinajstić information content (AvgIpc) is 3.65. The van der Waals surface area contributed by atoms with E-state index in [2.05, 4.69) is 4.99 Å². The number of fused-ring (bicyclic) bond motifs is 1. The Kier molecular flexibility index (Phi) is 10.1. The summed E-state index contributed by atoms with van der Waals surface area (Å²) in [5.74, 6) is 1.07. The Balaban J connectivity index is 1.52. The Morgan fingerprint density at radius 3 is 2.38 bits per heavy atom. The summed E-state index contributed by atoms with van der Waals surface area (Å²) in [6, 6.07) is 12.0. The standard InChI is InChI=1S/C34H39N3O7S/c1-6-41-25-13-11-24(12-14-25)31-30(33(40)44-21(3)4)22(5)35-34-37(31)32(39)28(45-34)19-23-10-15-26(27(18-23)42-7-2)43-20-29(38)36-16-8-9-17-36/h10-15,18-19,21,31H,6-9,16-17,20H2,1-5H3/b28-19-/t31-/m1/s1. The van der Waals surface area contributed by atoms with Crippen LogP contribution < -0.4 is 29.1 Å². The molecule has 3 heterocycles. The lowest BCUT2D eigenvalue weighted by Crippen LogP contribution is -2.40. The third kappa shape index (κ3) is 7.14. The molecule has 1 saturated heterocycles. The second kappa shape index (κ2) is 14.2. The van der Waals surface area contributed by atoms with E-state index in [-0.39, 0.29) is 24.2 Å². The Labute approximate surface area is 266 Å². The Bertz CT molecular complexity index is 1770. The number of aromatic nitrogens is 1. The van der Waals surface area contributed by atoms with Crippen molar-refractivity contribution >= 4 is 29.3 Å². The number of likely N-dealkylation sites (tertiary alicyclic amines) is 1. The van der Waals surface area contributed by atoms with Gasteiger partial charge in [0.05, 0.1) is 41.2 Å². The molecule has 0 unspecified atom stereocenters. The van der Waals surface area contributed by atoms with Gasteiger partial charge >= 0.3 is 5.97 Å². The maximum Gasteiger partial charge on any atom is 0.338 e. The third-order valence-electron chi connectivity index (χ3n) is 7.47. The van der Waals surface area contributed by atoms with E-state index in [1.165, 1.54) is 11.3 Å². The zero-order chi connectivity index (χ0) is 32.1. The van der Waals surface area contributed by atoms with Crippen molar-refractivity contribution in [1.29, 1.82) is 0 Å². The first-order valence-corrected chi connectivity index (χ1v) is 16.2. The molecule has 2 aliphatic heterocycles. The number of thiazole rings is 1. The molecule has 0 aliphatic carbocycles. The van der Waals surface area contributed by atoms with Gasteiger partial charge in [-0.15, -0.1) is 0 Å². The quantitative estimate of drug-likeness (QED) is 0.294. The van der Waals surface area contributed by atoms with Gasteiger partial charge in [0.25, 0.3) is 11.5 Å². The van der Waals surface area contributed by atoms with Gasteiger partial charge in [-0.3, -0.25) is 14.2 Å². The zero-order valence-electron chi connectivity index (χ0n) is 26.3. The average molecular weight is 634 g/mol. The van der Waals surface area contributed by atoms with Crippen molar-refractivity contribution in [2.45, 2.75) is 59.6 Å². The van der Waals surface area contributed by atoms with Gasteiger partial charge in [0.1, 0.15) is 5.75 Å². The number of ether oxygens (including phenoxy) is 4. The Morgan fingerprint density at radius 2 is 1.71 bits per heavy atom. The second-order valence-electron chi connectivity index (χ2n) is 11.1. The molecule has 1 fully saturated rings. The van der Waals surface area contributed by atoms with Crippen molar-refractivity contribution in [3.05, 3.63) is 84.5 Å². The molecule has 2 aliphatic rings. The number of hydrogen-bond donors (Lipinski definition) is 0. The Hall–Kier alpha value is -4.38. The van der Waals surface area contributed by atoms with Crippen LogP contribution in [0, 0.1) is 0 Å². The molecule has 0 bridgehead atoms. The van der Waals surface area contributed by atoms with Crippen molar-refractivity contribution in [2.75, 3.05) is 32.9 Å². The molecule has 2 aromatic carbocycles. The molecular formula is C34H39N3O7S. The zero-order valence-corrected chi connectivity index (χ0v) is 27.1. The highest BCUT2D eigenvalue weighted by Crippen LogP contribution is 2.32. The summed E-state index contributed by atoms with van der Waals surface area (Å²) in [5.41, 5.74) is 1.98. The molecule has 238 valence electrons. The molecular weight excluding hydrogens is 594 g/mol. The first-order valence-electron chi connectivity index (χ1n) is 15.3. The molecule has 1 amide bonds. The SMILES string of the molecule is CCOc1ccc([C@@H]2C(C(=O)OC(C)C)=C(C)N=c3s/c(=C\c4ccc(OCC(=O)N5CCCC5)c(OCC)c4)c(=O)n32)cc1. The minimum Gasteiger partial charge on any atom is -0.494 e. The fraction of sp³-hybridized carbons (Fsp3) is 0.412. The predicted molar refractivity (Wildman–Crippen MR) is 172 cm³/mol. The molecule has 0 saturated carbocycles. The first-order chi connectivity index (χ1) is 21.7. The smallest absolute Gasteiger partial charge is 0.338 e. The van der Waals surface area contributed by atoms with Gasteiger partial charge in [-0.1, -0.05) is 29.5 Å². The number of benzene rings is 2. The van der Waals surface area contributed by atoms with Gasteiger partial charge in [0.15, 0.2) is 22.9 Å². The molecule has 0 N–H and O–H groups in total. The summed E-state index contributed by atoms with van der Waals surface area (Å²) in [5, 5.41) is 0. The topological polar surface area (TPSA) is 109 Å². The minimum absolute atomic E-state index is 0.0471. The van der Waals surface area contributed by atoms with Crippen LogP contribution in [0.25, 0.3) is 6.08 Å². The number of amides is 1. The number of rotatable bonds is 11. The van der Waals surface area contributed by atoms with Crippen LogP contribution in [0.1, 0.15) is 64.6 Å². The van der Waals surface area contributed by atoms with E-state index < -0.39 is 12.0 Å². The van der Waals surface area contributed by atoms with Crippen LogP contribution in [-0.2, 0) is 14.3 Å². The number of allylic oxidation sites excluding steroid dienone is 1. The largest absolute Gasteiger partial charge is 0.494 e. The number of carbonyl (C=O) groups is 2. The van der Waals surface area contributed by atoms with Crippen molar-refractivity contribution in [2.24, 2.45) is 4.99 Å². The monoisotopic (exact) mass is 633 g/mol. The summed E-state index contributed by atoms with van der Waals surface area (Å²) < 4.78 is 24.9. The van der Waals surface area contributed by atoms with Gasteiger partial charge in [-0.25, -0.2) is 9.79 Å². The van der Waals surface area contributed by atoms with Crippen molar-refractivity contribution in [3.63, 3.8) is 0 Å². The van der Waals surface area contributed by atoms with Gasteiger partial charge in [-0.05, 0) is 88.9 Å². The molecule has 3 aromatic rings. The lowest BCUT2D eigenvalue weighted by Gasteiger charge is -2.25. The van der Waals surface area contributed by atoms with E-state index in [1.807, 2.05) is 49.1 Å². The number of carbonyl (C=O) groups excluding carboxylic acids is 2. The van der Waals surface area contributed by atoms with Crippen LogP contribution >= 0.6 is 11.3 Å². The van der Waals surface area contributed by atoms with Crippen LogP contribution in [0.15, 0.2) is 63.5 Å². The lowest BCUT2D eigenvalue weighted by molar-refractivity contribution is -0.143. The first kappa shape index (κ1) is 32.0. The van der Waals surface area contributed by atoms with Crippen molar-refractivity contribution in [3.8, 4) is 17.2 Å². The van der Waals surface area contributed by atoms with Crippen LogP contribution in [0.4, 0.5) is 0 Å². The van der Waals surface area contributed by atoms with E-state index in [1.54, 1.807) is 43.5 Å². The third-order valence-corrected chi connectivity index (χ3v) is 8.45. The summed E-state index contributed by atoms with van der Waals surface area (Å²) in [7, 11) is 0. The second-order valence-corrected chi connectivity index (χ2v) is 12.1.